The summed E-state index contributed by atoms with van der Waals surface area (Å²) in [6.07, 6.45) is 7.95. The fraction of sp³-hybridized carbons (Fsp3) is 0.333. The van der Waals surface area contributed by atoms with E-state index in [1.807, 2.05) is 31.2 Å². The van der Waals surface area contributed by atoms with Crippen LogP contribution in [0.25, 0.3) is 0 Å². The van der Waals surface area contributed by atoms with Gasteiger partial charge in [0.1, 0.15) is 10.5 Å². The molecule has 46 valence electrons. The van der Waals surface area contributed by atoms with Crippen molar-refractivity contribution in [3.8, 4) is 0 Å². The molecule has 8 heavy (non-hydrogen) atoms. The zero-order valence-electron chi connectivity index (χ0n) is 5.42. The highest BCUT2D eigenvalue weighted by Gasteiger charge is 1.64. The second-order valence-corrected chi connectivity index (χ2v) is 1.99. The fourth-order valence-corrected chi connectivity index (χ4v) is 0.534. The van der Waals surface area contributed by atoms with Crippen molar-refractivity contribution < 1.29 is 4.43 Å². The maximum atomic E-state index is 4.91. The normalized spacial score (nSPS) is 12.1. The van der Waals surface area contributed by atoms with Gasteiger partial charge in [-0.2, -0.15) is 0 Å². The smallest absolute Gasteiger partial charge is 0.146 e. The van der Waals surface area contributed by atoms with Gasteiger partial charge in [-0.05, 0) is 6.92 Å². The molecule has 0 fully saturated rings. The highest BCUT2D eigenvalue weighted by molar-refractivity contribution is 5.98. The van der Waals surface area contributed by atoms with Gasteiger partial charge in [0.15, 0.2) is 0 Å². The Hall–Kier alpha value is -0.343. The molecular formula is C6H12OSi. The molecule has 0 bridgehead atoms. The Morgan fingerprint density at radius 1 is 1.50 bits per heavy atom. The Bertz CT molecular complexity index is 86.5. The summed E-state index contributed by atoms with van der Waals surface area (Å²) in [6.45, 7) is 2.75. The van der Waals surface area contributed by atoms with Crippen molar-refractivity contribution >= 4 is 10.5 Å². The van der Waals surface area contributed by atoms with Crippen LogP contribution >= 0.6 is 0 Å². The molecule has 0 spiro atoms. The summed E-state index contributed by atoms with van der Waals surface area (Å²) in [4.78, 5) is 0. The van der Waals surface area contributed by atoms with Crippen molar-refractivity contribution in [3.63, 3.8) is 0 Å². The van der Waals surface area contributed by atoms with Crippen molar-refractivity contribution in [3.05, 3.63) is 24.3 Å². The van der Waals surface area contributed by atoms with Crippen molar-refractivity contribution in [2.75, 3.05) is 6.61 Å². The first-order valence-electron chi connectivity index (χ1n) is 2.68. The maximum Gasteiger partial charge on any atom is 0.146 e. The second-order valence-electron chi connectivity index (χ2n) is 1.41. The monoisotopic (exact) mass is 128 g/mol. The van der Waals surface area contributed by atoms with Gasteiger partial charge >= 0.3 is 0 Å². The van der Waals surface area contributed by atoms with E-state index in [1.165, 1.54) is 0 Å². The lowest BCUT2D eigenvalue weighted by atomic mass is 10.4. The van der Waals surface area contributed by atoms with E-state index < -0.39 is 0 Å². The average molecular weight is 128 g/mol. The molecule has 0 aromatic carbocycles. The molecule has 0 N–H and O–H groups in total. The van der Waals surface area contributed by atoms with E-state index in [0.717, 1.165) is 17.1 Å². The lowest BCUT2D eigenvalue weighted by Gasteiger charge is -1.83. The van der Waals surface area contributed by atoms with Crippen LogP contribution in [0.1, 0.15) is 6.92 Å². The maximum absolute atomic E-state index is 4.91. The summed E-state index contributed by atoms with van der Waals surface area (Å²) < 4.78 is 4.91. The topological polar surface area (TPSA) is 9.23 Å². The summed E-state index contributed by atoms with van der Waals surface area (Å²) in [5.41, 5.74) is 0. The molecule has 0 rings (SSSR count). The van der Waals surface area contributed by atoms with E-state index in [2.05, 4.69) is 0 Å². The van der Waals surface area contributed by atoms with Gasteiger partial charge < -0.3 is 4.43 Å². The molecule has 0 saturated heterocycles. The zero-order valence-corrected chi connectivity index (χ0v) is 7.42. The lowest BCUT2D eigenvalue weighted by Crippen LogP contribution is -1.80. The molecule has 0 aromatic heterocycles. The predicted octanol–water partition coefficient (Wildman–Crippen LogP) is 0.416. The van der Waals surface area contributed by atoms with Gasteiger partial charge in [-0.3, -0.25) is 0 Å². The van der Waals surface area contributed by atoms with Crippen LogP contribution < -0.4 is 0 Å². The first-order chi connectivity index (χ1) is 3.91. The predicted molar refractivity (Wildman–Crippen MR) is 39.8 cm³/mol. The molecule has 0 aliphatic carbocycles. The largest absolute Gasteiger partial charge is 0.424 e. The van der Waals surface area contributed by atoms with Crippen LogP contribution in [0.4, 0.5) is 0 Å². The Balaban J connectivity index is 3.07. The highest BCUT2D eigenvalue weighted by Crippen LogP contribution is 1.75. The molecule has 0 saturated carbocycles. The van der Waals surface area contributed by atoms with E-state index in [0.29, 0.717) is 0 Å². The van der Waals surface area contributed by atoms with Crippen molar-refractivity contribution in [1.82, 2.24) is 0 Å². The van der Waals surface area contributed by atoms with Crippen LogP contribution in [0.2, 0.25) is 0 Å². The van der Waals surface area contributed by atoms with Gasteiger partial charge in [0.05, 0.1) is 6.61 Å². The molecule has 0 amide bonds. The first kappa shape index (κ1) is 7.66. The van der Waals surface area contributed by atoms with Crippen molar-refractivity contribution in [2.24, 2.45) is 0 Å². The highest BCUT2D eigenvalue weighted by atomic mass is 28.2. The van der Waals surface area contributed by atoms with Gasteiger partial charge in [-0.15, -0.1) is 0 Å². The quantitative estimate of drug-likeness (QED) is 0.395. The number of hydrogen-bond acceptors (Lipinski definition) is 1. The van der Waals surface area contributed by atoms with Crippen molar-refractivity contribution in [1.29, 1.82) is 0 Å². The summed E-state index contributed by atoms with van der Waals surface area (Å²) >= 11 is 0. The molecule has 0 unspecified atom stereocenters. The van der Waals surface area contributed by atoms with Crippen LogP contribution in [0.3, 0.4) is 0 Å². The Labute approximate surface area is 53.6 Å². The van der Waals surface area contributed by atoms with Gasteiger partial charge in [-0.1, -0.05) is 24.3 Å². The first-order valence-corrected chi connectivity index (χ1v) is 3.50. The average Bonchev–Trinajstić information content (AvgIpc) is 1.81. The van der Waals surface area contributed by atoms with Crippen LogP contribution in [-0.4, -0.2) is 17.1 Å². The molecule has 0 aromatic rings. The molecule has 0 heterocycles. The van der Waals surface area contributed by atoms with Crippen molar-refractivity contribution in [2.45, 2.75) is 6.92 Å². The van der Waals surface area contributed by atoms with Crippen LogP contribution in [0.5, 0.6) is 0 Å². The van der Waals surface area contributed by atoms with Crippen LogP contribution in [-0.2, 0) is 4.43 Å². The molecule has 2 heteroatoms. The number of hydrogen-bond donors (Lipinski definition) is 0. The summed E-state index contributed by atoms with van der Waals surface area (Å²) in [5, 5.41) is 0. The molecule has 0 aliphatic rings. The number of rotatable bonds is 3. The Morgan fingerprint density at radius 2 is 2.25 bits per heavy atom. The summed E-state index contributed by atoms with van der Waals surface area (Å²) in [5.74, 6) is 0. The zero-order chi connectivity index (χ0) is 6.24. The molecule has 0 atom stereocenters. The summed E-state index contributed by atoms with van der Waals surface area (Å²) in [7, 11) is 0.832. The number of allylic oxidation sites excluding steroid dienone is 3. The third-order valence-corrected chi connectivity index (χ3v) is 1.04. The fourth-order valence-electron chi connectivity index (χ4n) is 0.341. The van der Waals surface area contributed by atoms with Gasteiger partial charge in [-0.25, -0.2) is 0 Å². The second kappa shape index (κ2) is 6.66. The minimum absolute atomic E-state index is 0.760. The summed E-state index contributed by atoms with van der Waals surface area (Å²) in [6, 6.07) is 0. The third kappa shape index (κ3) is 5.66. The van der Waals surface area contributed by atoms with E-state index in [-0.39, 0.29) is 0 Å². The molecular weight excluding hydrogens is 116 g/mol. The lowest BCUT2D eigenvalue weighted by molar-refractivity contribution is 0.401. The van der Waals surface area contributed by atoms with Gasteiger partial charge in [0.2, 0.25) is 0 Å². The standard InChI is InChI=1S/C6H12OSi/c1-2-3-4-5-6-7-8/h2-5H,6H2,1,8H3/b3-2+,5-4+. The Morgan fingerprint density at radius 3 is 2.75 bits per heavy atom. The third-order valence-electron chi connectivity index (χ3n) is 0.703. The van der Waals surface area contributed by atoms with Crippen LogP contribution in [0, 0.1) is 0 Å². The van der Waals surface area contributed by atoms with E-state index in [9.17, 15) is 0 Å². The van der Waals surface area contributed by atoms with E-state index in [4.69, 9.17) is 4.43 Å². The minimum atomic E-state index is 0.760. The SMILES string of the molecule is C/C=C/C=C/CO[SiH3]. The van der Waals surface area contributed by atoms with Crippen LogP contribution in [0.15, 0.2) is 24.3 Å². The van der Waals surface area contributed by atoms with E-state index >= 15 is 0 Å². The molecule has 0 radical (unpaired) electrons. The molecule has 0 aliphatic heterocycles. The Kier molecular flexibility index (Phi) is 6.37. The molecule has 1 nitrogen and oxygen atoms in total. The minimum Gasteiger partial charge on any atom is -0.424 e. The van der Waals surface area contributed by atoms with Gasteiger partial charge in [0, 0.05) is 0 Å². The van der Waals surface area contributed by atoms with Gasteiger partial charge in [0.25, 0.3) is 0 Å². The van der Waals surface area contributed by atoms with E-state index in [1.54, 1.807) is 0 Å².